The predicted molar refractivity (Wildman–Crippen MR) is 57.7 cm³/mol. The summed E-state index contributed by atoms with van der Waals surface area (Å²) < 4.78 is 0. The number of hydrogen-bond donors (Lipinski definition) is 1. The summed E-state index contributed by atoms with van der Waals surface area (Å²) in [5, 5.41) is 8.26. The molecule has 1 N–H and O–H groups in total. The molecular formula is C12H14O2. The van der Waals surface area contributed by atoms with Crippen molar-refractivity contribution in [2.24, 2.45) is 0 Å². The van der Waals surface area contributed by atoms with Crippen molar-refractivity contribution >= 4 is 5.97 Å². The third kappa shape index (κ3) is 10.2. The summed E-state index contributed by atoms with van der Waals surface area (Å²) in [5.74, 6) is 4.90. The number of carboxylic acid groups (broad SMARTS) is 1. The molecule has 0 rings (SSSR count). The molecule has 0 unspecified atom stereocenters. The highest BCUT2D eigenvalue weighted by molar-refractivity contribution is 5.80. The lowest BCUT2D eigenvalue weighted by atomic mass is 10.3. The van der Waals surface area contributed by atoms with Crippen molar-refractivity contribution in [1.82, 2.24) is 0 Å². The van der Waals surface area contributed by atoms with Crippen LogP contribution in [0.2, 0.25) is 0 Å². The van der Waals surface area contributed by atoms with Gasteiger partial charge in [0.05, 0.1) is 0 Å². The van der Waals surface area contributed by atoms with Gasteiger partial charge in [0.1, 0.15) is 0 Å². The minimum atomic E-state index is -0.928. The first-order valence-corrected chi connectivity index (χ1v) is 4.43. The second-order valence-electron chi connectivity index (χ2n) is 2.49. The largest absolute Gasteiger partial charge is 0.478 e. The summed E-state index contributed by atoms with van der Waals surface area (Å²) in [6, 6.07) is 0. The van der Waals surface area contributed by atoms with Crippen LogP contribution in [0.1, 0.15) is 19.8 Å². The number of rotatable bonds is 4. The highest BCUT2D eigenvalue weighted by atomic mass is 16.4. The standard InChI is InChI=1S/C12H14O2/c1-2-3-4-5-6-7-8-9-10-11-12(13)14/h2-3,8-11H,6-7H2,1H3,(H,13,14)/b3-2-,9-8-,11-10+. The van der Waals surface area contributed by atoms with Crippen LogP contribution < -0.4 is 0 Å². The van der Waals surface area contributed by atoms with Gasteiger partial charge in [-0.2, -0.15) is 0 Å². The van der Waals surface area contributed by atoms with Crippen molar-refractivity contribution in [3.63, 3.8) is 0 Å². The number of unbranched alkanes of at least 4 members (excludes halogenated alkanes) is 1. The number of aliphatic carboxylic acids is 1. The number of carboxylic acids is 1. The predicted octanol–water partition coefficient (Wildman–Crippen LogP) is 2.54. The molecule has 0 saturated heterocycles. The molecule has 0 bridgehead atoms. The van der Waals surface area contributed by atoms with E-state index in [0.29, 0.717) is 0 Å². The Bertz CT molecular complexity index is 298. The van der Waals surface area contributed by atoms with Gasteiger partial charge in [0.15, 0.2) is 0 Å². The number of hydrogen-bond acceptors (Lipinski definition) is 1. The monoisotopic (exact) mass is 190 g/mol. The van der Waals surface area contributed by atoms with Gasteiger partial charge < -0.3 is 5.11 Å². The van der Waals surface area contributed by atoms with E-state index in [-0.39, 0.29) is 0 Å². The Morgan fingerprint density at radius 3 is 2.86 bits per heavy atom. The topological polar surface area (TPSA) is 37.3 Å². The van der Waals surface area contributed by atoms with Crippen LogP contribution in [0, 0.1) is 11.8 Å². The molecular weight excluding hydrogens is 176 g/mol. The van der Waals surface area contributed by atoms with Crippen LogP contribution >= 0.6 is 0 Å². The van der Waals surface area contributed by atoms with Crippen molar-refractivity contribution in [2.45, 2.75) is 19.8 Å². The average molecular weight is 190 g/mol. The van der Waals surface area contributed by atoms with E-state index >= 15 is 0 Å². The van der Waals surface area contributed by atoms with E-state index in [1.807, 2.05) is 19.1 Å². The highest BCUT2D eigenvalue weighted by Gasteiger charge is 1.80. The Morgan fingerprint density at radius 2 is 2.21 bits per heavy atom. The summed E-state index contributed by atoms with van der Waals surface area (Å²) in [4.78, 5) is 10.1. The first-order valence-electron chi connectivity index (χ1n) is 4.43. The van der Waals surface area contributed by atoms with E-state index in [0.717, 1.165) is 18.9 Å². The van der Waals surface area contributed by atoms with E-state index in [2.05, 4.69) is 11.8 Å². The summed E-state index contributed by atoms with van der Waals surface area (Å²) in [5.41, 5.74) is 0. The Hall–Kier alpha value is -1.75. The van der Waals surface area contributed by atoms with Crippen LogP contribution in [0.25, 0.3) is 0 Å². The molecule has 0 atom stereocenters. The number of carbonyl (C=O) groups is 1. The van der Waals surface area contributed by atoms with Crippen molar-refractivity contribution in [3.8, 4) is 11.8 Å². The van der Waals surface area contributed by atoms with Gasteiger partial charge >= 0.3 is 5.97 Å². The third-order valence-corrected chi connectivity index (χ3v) is 1.27. The van der Waals surface area contributed by atoms with Gasteiger partial charge in [0, 0.05) is 12.5 Å². The zero-order valence-electron chi connectivity index (χ0n) is 8.23. The summed E-state index contributed by atoms with van der Waals surface area (Å²) >= 11 is 0. The highest BCUT2D eigenvalue weighted by Crippen LogP contribution is 1.89. The zero-order valence-corrected chi connectivity index (χ0v) is 8.23. The van der Waals surface area contributed by atoms with Crippen LogP contribution in [0.5, 0.6) is 0 Å². The normalized spacial score (nSPS) is 10.9. The molecule has 0 saturated carbocycles. The van der Waals surface area contributed by atoms with Gasteiger partial charge in [-0.05, 0) is 19.4 Å². The minimum absolute atomic E-state index is 0.793. The molecule has 0 aromatic carbocycles. The molecule has 0 aliphatic rings. The maximum absolute atomic E-state index is 10.1. The van der Waals surface area contributed by atoms with Crippen LogP contribution in [0.4, 0.5) is 0 Å². The minimum Gasteiger partial charge on any atom is -0.478 e. The second-order valence-corrected chi connectivity index (χ2v) is 2.49. The van der Waals surface area contributed by atoms with E-state index in [1.165, 1.54) is 6.08 Å². The Morgan fingerprint density at radius 1 is 1.43 bits per heavy atom. The maximum Gasteiger partial charge on any atom is 0.328 e. The van der Waals surface area contributed by atoms with Gasteiger partial charge in [-0.1, -0.05) is 36.1 Å². The first-order chi connectivity index (χ1) is 6.77. The number of allylic oxidation sites excluding steroid dienone is 5. The van der Waals surface area contributed by atoms with Crippen molar-refractivity contribution < 1.29 is 9.90 Å². The smallest absolute Gasteiger partial charge is 0.328 e. The molecule has 2 heteroatoms. The van der Waals surface area contributed by atoms with Gasteiger partial charge in [0.25, 0.3) is 0 Å². The van der Waals surface area contributed by atoms with Crippen LogP contribution in [-0.2, 0) is 4.79 Å². The first kappa shape index (κ1) is 12.2. The van der Waals surface area contributed by atoms with E-state index < -0.39 is 5.97 Å². The maximum atomic E-state index is 10.1. The van der Waals surface area contributed by atoms with Crippen LogP contribution in [0.3, 0.4) is 0 Å². The fourth-order valence-electron chi connectivity index (χ4n) is 0.683. The fraction of sp³-hybridized carbons (Fsp3) is 0.250. The molecule has 0 radical (unpaired) electrons. The lowest BCUT2D eigenvalue weighted by Crippen LogP contribution is -1.84. The zero-order chi connectivity index (χ0) is 10.6. The molecule has 2 nitrogen and oxygen atoms in total. The second kappa shape index (κ2) is 9.34. The molecule has 0 aliphatic heterocycles. The fourth-order valence-corrected chi connectivity index (χ4v) is 0.683. The Kier molecular flexibility index (Phi) is 8.17. The van der Waals surface area contributed by atoms with E-state index in [4.69, 9.17) is 5.11 Å². The summed E-state index contributed by atoms with van der Waals surface area (Å²) in [6.07, 6.45) is 11.5. The van der Waals surface area contributed by atoms with E-state index in [9.17, 15) is 4.79 Å². The van der Waals surface area contributed by atoms with Gasteiger partial charge in [-0.15, -0.1) is 0 Å². The molecule has 0 aromatic heterocycles. The molecule has 0 heterocycles. The SMILES string of the molecule is C/C=C\C#CCC/C=C\C=C\C(=O)O. The molecule has 0 spiro atoms. The Labute approximate surface area is 84.6 Å². The van der Waals surface area contributed by atoms with Gasteiger partial charge in [-0.3, -0.25) is 0 Å². The van der Waals surface area contributed by atoms with Crippen molar-refractivity contribution in [3.05, 3.63) is 36.5 Å². The van der Waals surface area contributed by atoms with Gasteiger partial charge in [-0.25, -0.2) is 4.79 Å². The molecule has 74 valence electrons. The third-order valence-electron chi connectivity index (χ3n) is 1.27. The average Bonchev–Trinajstić information content (AvgIpc) is 2.15. The Balaban J connectivity index is 3.56. The lowest BCUT2D eigenvalue weighted by Gasteiger charge is -1.80. The lowest BCUT2D eigenvalue weighted by molar-refractivity contribution is -0.131. The molecule has 14 heavy (non-hydrogen) atoms. The summed E-state index contributed by atoms with van der Waals surface area (Å²) in [6.45, 7) is 1.92. The van der Waals surface area contributed by atoms with Gasteiger partial charge in [0.2, 0.25) is 0 Å². The molecule has 0 aromatic rings. The summed E-state index contributed by atoms with van der Waals surface area (Å²) in [7, 11) is 0. The van der Waals surface area contributed by atoms with Crippen LogP contribution in [-0.4, -0.2) is 11.1 Å². The van der Waals surface area contributed by atoms with Crippen molar-refractivity contribution in [2.75, 3.05) is 0 Å². The molecule has 0 aliphatic carbocycles. The van der Waals surface area contributed by atoms with E-state index in [1.54, 1.807) is 12.2 Å². The quantitative estimate of drug-likeness (QED) is 0.320. The van der Waals surface area contributed by atoms with Crippen LogP contribution in [0.15, 0.2) is 36.5 Å². The molecule has 0 amide bonds. The molecule has 0 fully saturated rings. The van der Waals surface area contributed by atoms with Crippen molar-refractivity contribution in [1.29, 1.82) is 0 Å².